The van der Waals surface area contributed by atoms with Gasteiger partial charge in [-0.05, 0) is 30.7 Å². The molecule has 3 rings (SSSR count). The van der Waals surface area contributed by atoms with Crippen LogP contribution in [0.15, 0.2) is 47.6 Å². The highest BCUT2D eigenvalue weighted by Gasteiger charge is 2.15. The number of nitrogens with zero attached hydrogens (tertiary/aromatic N) is 4. The Balaban J connectivity index is 1.65. The van der Waals surface area contributed by atoms with E-state index in [0.29, 0.717) is 35.3 Å². The Morgan fingerprint density at radius 3 is 2.62 bits per heavy atom. The molecule has 0 spiro atoms. The molecule has 11 heteroatoms. The van der Waals surface area contributed by atoms with Gasteiger partial charge in [-0.1, -0.05) is 23.9 Å². The van der Waals surface area contributed by atoms with Gasteiger partial charge in [0.2, 0.25) is 5.91 Å². The fourth-order valence-electron chi connectivity index (χ4n) is 3.07. The minimum absolute atomic E-state index is 0.0824. The van der Waals surface area contributed by atoms with Crippen molar-refractivity contribution in [3.05, 3.63) is 64.0 Å². The zero-order valence-electron chi connectivity index (χ0n) is 17.9. The number of carbonyl (C=O) groups excluding carboxylic acids is 1. The Morgan fingerprint density at radius 2 is 1.94 bits per heavy atom. The number of aromatic nitrogens is 3. The third-order valence-electron chi connectivity index (χ3n) is 4.59. The molecule has 32 heavy (non-hydrogen) atoms. The molecule has 168 valence electrons. The van der Waals surface area contributed by atoms with Gasteiger partial charge in [-0.15, -0.1) is 10.2 Å². The van der Waals surface area contributed by atoms with Crippen LogP contribution in [0.4, 0.5) is 11.4 Å². The van der Waals surface area contributed by atoms with E-state index in [-0.39, 0.29) is 17.3 Å². The number of benzene rings is 2. The van der Waals surface area contributed by atoms with Crippen molar-refractivity contribution < 1.29 is 19.2 Å². The molecule has 1 amide bonds. The SMILES string of the molecule is CCn1c(Cc2ccc(OC)c(OC)c2)nnc1SCC(=O)Nc1cccc([N+](=O)[O-])c1. The molecule has 1 N–H and O–H groups in total. The molecule has 0 atom stereocenters. The first-order valence-electron chi connectivity index (χ1n) is 9.75. The number of ether oxygens (including phenoxy) is 2. The van der Waals surface area contributed by atoms with Crippen LogP contribution in [0, 0.1) is 10.1 Å². The minimum atomic E-state index is -0.506. The average molecular weight is 458 g/mol. The van der Waals surface area contributed by atoms with Gasteiger partial charge in [-0.3, -0.25) is 14.9 Å². The highest BCUT2D eigenvalue weighted by Crippen LogP contribution is 2.29. The predicted octanol–water partition coefficient (Wildman–Crippen LogP) is 3.55. The quantitative estimate of drug-likeness (QED) is 0.279. The molecule has 0 aliphatic rings. The van der Waals surface area contributed by atoms with E-state index in [2.05, 4.69) is 15.5 Å². The Hall–Kier alpha value is -3.60. The van der Waals surface area contributed by atoms with Gasteiger partial charge in [-0.2, -0.15) is 0 Å². The maximum absolute atomic E-state index is 12.3. The van der Waals surface area contributed by atoms with Crippen molar-refractivity contribution in [1.29, 1.82) is 0 Å². The van der Waals surface area contributed by atoms with E-state index in [0.717, 1.165) is 11.4 Å². The number of nitrogens with one attached hydrogen (secondary N) is 1. The van der Waals surface area contributed by atoms with Crippen molar-refractivity contribution in [3.8, 4) is 11.5 Å². The van der Waals surface area contributed by atoms with E-state index in [1.165, 1.54) is 30.0 Å². The lowest BCUT2D eigenvalue weighted by Crippen LogP contribution is -2.15. The number of methoxy groups -OCH3 is 2. The Morgan fingerprint density at radius 1 is 1.16 bits per heavy atom. The summed E-state index contributed by atoms with van der Waals surface area (Å²) in [5.74, 6) is 1.86. The molecule has 0 saturated carbocycles. The summed E-state index contributed by atoms with van der Waals surface area (Å²) in [6.07, 6.45) is 0.543. The van der Waals surface area contributed by atoms with Gasteiger partial charge in [0, 0.05) is 30.8 Å². The number of hydrogen-bond donors (Lipinski definition) is 1. The fourth-order valence-corrected chi connectivity index (χ4v) is 3.89. The normalized spacial score (nSPS) is 10.6. The summed E-state index contributed by atoms with van der Waals surface area (Å²) < 4.78 is 12.6. The number of anilines is 1. The van der Waals surface area contributed by atoms with Crippen molar-refractivity contribution in [2.45, 2.75) is 25.0 Å². The van der Waals surface area contributed by atoms with E-state index >= 15 is 0 Å². The number of hydrogen-bond acceptors (Lipinski definition) is 8. The van der Waals surface area contributed by atoms with Gasteiger partial charge in [0.05, 0.1) is 24.9 Å². The number of rotatable bonds is 10. The number of amides is 1. The van der Waals surface area contributed by atoms with E-state index in [4.69, 9.17) is 9.47 Å². The van der Waals surface area contributed by atoms with Crippen LogP contribution in [0.25, 0.3) is 0 Å². The summed E-state index contributed by atoms with van der Waals surface area (Å²) in [5.41, 5.74) is 1.28. The van der Waals surface area contributed by atoms with Crippen LogP contribution in [0.1, 0.15) is 18.3 Å². The van der Waals surface area contributed by atoms with Crippen LogP contribution in [-0.4, -0.2) is 45.6 Å². The lowest BCUT2D eigenvalue weighted by atomic mass is 10.1. The maximum Gasteiger partial charge on any atom is 0.271 e. The van der Waals surface area contributed by atoms with Gasteiger partial charge < -0.3 is 19.4 Å². The van der Waals surface area contributed by atoms with Gasteiger partial charge >= 0.3 is 0 Å². The van der Waals surface area contributed by atoms with Crippen LogP contribution < -0.4 is 14.8 Å². The Bertz CT molecular complexity index is 1120. The van der Waals surface area contributed by atoms with Crippen LogP contribution in [-0.2, 0) is 17.8 Å². The summed E-state index contributed by atoms with van der Waals surface area (Å²) >= 11 is 1.25. The molecule has 0 aliphatic carbocycles. The minimum Gasteiger partial charge on any atom is -0.493 e. The van der Waals surface area contributed by atoms with Crippen LogP contribution in [0.5, 0.6) is 11.5 Å². The molecule has 10 nitrogen and oxygen atoms in total. The molecule has 0 saturated heterocycles. The second kappa shape index (κ2) is 10.6. The van der Waals surface area contributed by atoms with Gasteiger partial charge in [0.25, 0.3) is 5.69 Å². The molecule has 3 aromatic rings. The molecule has 0 fully saturated rings. The summed E-state index contributed by atoms with van der Waals surface area (Å²) in [6, 6.07) is 11.5. The molecular weight excluding hydrogens is 434 g/mol. The number of thioether (sulfide) groups is 1. The molecule has 0 unspecified atom stereocenters. The second-order valence-corrected chi connectivity index (χ2v) is 7.60. The first-order valence-corrected chi connectivity index (χ1v) is 10.7. The van der Waals surface area contributed by atoms with Crippen molar-refractivity contribution in [2.75, 3.05) is 25.3 Å². The molecule has 1 aromatic heterocycles. The largest absolute Gasteiger partial charge is 0.493 e. The fraction of sp³-hybridized carbons (Fsp3) is 0.286. The summed E-state index contributed by atoms with van der Waals surface area (Å²) in [5, 5.41) is 22.7. The highest BCUT2D eigenvalue weighted by molar-refractivity contribution is 7.99. The molecule has 1 heterocycles. The lowest BCUT2D eigenvalue weighted by Gasteiger charge is -2.10. The average Bonchev–Trinajstić information content (AvgIpc) is 3.19. The zero-order chi connectivity index (χ0) is 23.1. The maximum atomic E-state index is 12.3. The summed E-state index contributed by atoms with van der Waals surface area (Å²) in [6.45, 7) is 2.62. The van der Waals surface area contributed by atoms with E-state index < -0.39 is 4.92 Å². The highest BCUT2D eigenvalue weighted by atomic mass is 32.2. The van der Waals surface area contributed by atoms with Crippen LogP contribution in [0.2, 0.25) is 0 Å². The topological polar surface area (TPSA) is 121 Å². The molecular formula is C21H23N5O5S. The smallest absolute Gasteiger partial charge is 0.271 e. The molecule has 0 aliphatic heterocycles. The zero-order valence-corrected chi connectivity index (χ0v) is 18.7. The standard InChI is InChI=1S/C21H23N5O5S/c1-4-25-19(11-14-8-9-17(30-2)18(10-14)31-3)23-24-21(25)32-13-20(27)22-15-6-5-7-16(12-15)26(28)29/h5-10,12H,4,11,13H2,1-3H3,(H,22,27). The van der Waals surface area contributed by atoms with Crippen molar-refractivity contribution in [1.82, 2.24) is 14.8 Å². The number of non-ortho nitro benzene ring substituents is 1. The van der Waals surface area contributed by atoms with E-state index in [9.17, 15) is 14.9 Å². The Labute approximate surface area is 189 Å². The van der Waals surface area contributed by atoms with E-state index in [1.807, 2.05) is 29.7 Å². The third-order valence-corrected chi connectivity index (χ3v) is 5.56. The number of carbonyl (C=O) groups is 1. The Kier molecular flexibility index (Phi) is 7.66. The van der Waals surface area contributed by atoms with Crippen molar-refractivity contribution >= 4 is 29.0 Å². The van der Waals surface area contributed by atoms with Gasteiger partial charge in [0.1, 0.15) is 5.82 Å². The monoisotopic (exact) mass is 457 g/mol. The molecule has 0 bridgehead atoms. The summed E-state index contributed by atoms with van der Waals surface area (Å²) in [4.78, 5) is 22.7. The van der Waals surface area contributed by atoms with Crippen LogP contribution >= 0.6 is 11.8 Å². The van der Waals surface area contributed by atoms with E-state index in [1.54, 1.807) is 20.3 Å². The van der Waals surface area contributed by atoms with Crippen LogP contribution in [0.3, 0.4) is 0 Å². The third kappa shape index (κ3) is 5.55. The van der Waals surface area contributed by atoms with Crippen molar-refractivity contribution in [3.63, 3.8) is 0 Å². The first kappa shape index (κ1) is 23.1. The van der Waals surface area contributed by atoms with Gasteiger partial charge in [-0.25, -0.2) is 0 Å². The summed E-state index contributed by atoms with van der Waals surface area (Å²) in [7, 11) is 3.17. The first-order chi connectivity index (χ1) is 15.4. The predicted molar refractivity (Wildman–Crippen MR) is 120 cm³/mol. The molecule has 2 aromatic carbocycles. The van der Waals surface area contributed by atoms with Gasteiger partial charge in [0.15, 0.2) is 16.7 Å². The second-order valence-electron chi connectivity index (χ2n) is 6.65. The number of nitro groups is 1. The lowest BCUT2D eigenvalue weighted by molar-refractivity contribution is -0.384. The molecule has 0 radical (unpaired) electrons. The number of nitro benzene ring substituents is 1. The van der Waals surface area contributed by atoms with Crippen molar-refractivity contribution in [2.24, 2.45) is 0 Å².